The van der Waals surface area contributed by atoms with Crippen molar-refractivity contribution in [3.8, 4) is 0 Å². The molecule has 0 atom stereocenters. The maximum Gasteiger partial charge on any atom is 0.282 e. The number of hydrogen-bond acceptors (Lipinski definition) is 5. The topological polar surface area (TPSA) is 84.3 Å². The molecular formula is C13H13N3O3S. The molecule has 7 heteroatoms. The van der Waals surface area contributed by atoms with Gasteiger partial charge in [-0.15, -0.1) is 0 Å². The highest BCUT2D eigenvalue weighted by Crippen LogP contribution is 2.24. The third-order valence-electron chi connectivity index (χ3n) is 2.60. The van der Waals surface area contributed by atoms with E-state index in [1.165, 1.54) is 23.5 Å². The summed E-state index contributed by atoms with van der Waals surface area (Å²) in [5.74, 6) is -0.491. The Morgan fingerprint density at radius 1 is 1.35 bits per heavy atom. The van der Waals surface area contributed by atoms with Crippen LogP contribution in [0.1, 0.15) is 17.3 Å². The summed E-state index contributed by atoms with van der Waals surface area (Å²) in [4.78, 5) is 22.6. The van der Waals surface area contributed by atoms with Gasteiger partial charge in [0.1, 0.15) is 5.56 Å². The highest BCUT2D eigenvalue weighted by Gasteiger charge is 2.20. The standard InChI is InChI=1S/C13H13N3O3S/c1-2-14-9-3-4-12(16(18)19)11(7-9)13(17)15-10-5-6-20-8-10/h3-8,14H,2H2,1H3,(H,15,17). The molecule has 2 aromatic rings. The van der Waals surface area contributed by atoms with Crippen LogP contribution in [0.2, 0.25) is 0 Å². The number of thiophene rings is 1. The van der Waals surface area contributed by atoms with Crippen LogP contribution in [0.3, 0.4) is 0 Å². The van der Waals surface area contributed by atoms with Gasteiger partial charge in [0.15, 0.2) is 0 Å². The lowest BCUT2D eigenvalue weighted by molar-refractivity contribution is -0.385. The van der Waals surface area contributed by atoms with E-state index in [-0.39, 0.29) is 11.3 Å². The summed E-state index contributed by atoms with van der Waals surface area (Å²) < 4.78 is 0. The van der Waals surface area contributed by atoms with Crippen molar-refractivity contribution in [3.63, 3.8) is 0 Å². The fourth-order valence-corrected chi connectivity index (χ4v) is 2.31. The molecule has 1 aromatic heterocycles. The lowest BCUT2D eigenvalue weighted by Crippen LogP contribution is -2.14. The van der Waals surface area contributed by atoms with Crippen molar-refractivity contribution >= 4 is 34.3 Å². The molecule has 0 fully saturated rings. The van der Waals surface area contributed by atoms with E-state index in [4.69, 9.17) is 0 Å². The van der Waals surface area contributed by atoms with E-state index in [2.05, 4.69) is 10.6 Å². The van der Waals surface area contributed by atoms with Gasteiger partial charge in [0, 0.05) is 23.7 Å². The number of amides is 1. The molecule has 0 radical (unpaired) electrons. The molecule has 1 aromatic carbocycles. The Morgan fingerprint density at radius 3 is 2.75 bits per heavy atom. The number of nitro benzene ring substituents is 1. The van der Waals surface area contributed by atoms with Crippen LogP contribution in [0.25, 0.3) is 0 Å². The SMILES string of the molecule is CCNc1ccc([N+](=O)[O-])c(C(=O)Nc2ccsc2)c1. The highest BCUT2D eigenvalue weighted by atomic mass is 32.1. The van der Waals surface area contributed by atoms with Gasteiger partial charge in [0.2, 0.25) is 0 Å². The van der Waals surface area contributed by atoms with Gasteiger partial charge >= 0.3 is 0 Å². The Morgan fingerprint density at radius 2 is 2.15 bits per heavy atom. The van der Waals surface area contributed by atoms with Crippen molar-refractivity contribution in [3.05, 3.63) is 50.7 Å². The van der Waals surface area contributed by atoms with Crippen molar-refractivity contribution in [2.45, 2.75) is 6.92 Å². The predicted octanol–water partition coefficient (Wildman–Crippen LogP) is 3.34. The van der Waals surface area contributed by atoms with E-state index >= 15 is 0 Å². The number of rotatable bonds is 5. The summed E-state index contributed by atoms with van der Waals surface area (Å²) >= 11 is 1.44. The first kappa shape index (κ1) is 14.0. The average molecular weight is 291 g/mol. The van der Waals surface area contributed by atoms with Gasteiger partial charge in [0.25, 0.3) is 11.6 Å². The summed E-state index contributed by atoms with van der Waals surface area (Å²) in [7, 11) is 0. The molecule has 2 rings (SSSR count). The van der Waals surface area contributed by atoms with Crippen molar-refractivity contribution < 1.29 is 9.72 Å². The van der Waals surface area contributed by atoms with Crippen LogP contribution < -0.4 is 10.6 Å². The molecule has 6 nitrogen and oxygen atoms in total. The van der Waals surface area contributed by atoms with Crippen LogP contribution >= 0.6 is 11.3 Å². The normalized spacial score (nSPS) is 10.1. The predicted molar refractivity (Wildman–Crippen MR) is 79.5 cm³/mol. The van der Waals surface area contributed by atoms with E-state index in [0.29, 0.717) is 17.9 Å². The Labute approximate surface area is 119 Å². The molecule has 0 unspecified atom stereocenters. The molecule has 104 valence electrons. The molecule has 0 bridgehead atoms. The van der Waals surface area contributed by atoms with Crippen LogP contribution in [0.15, 0.2) is 35.0 Å². The monoisotopic (exact) mass is 291 g/mol. The molecule has 20 heavy (non-hydrogen) atoms. The number of nitrogens with one attached hydrogen (secondary N) is 2. The number of benzene rings is 1. The summed E-state index contributed by atoms with van der Waals surface area (Å²) in [6.07, 6.45) is 0. The number of anilines is 2. The van der Waals surface area contributed by atoms with Gasteiger partial charge in [-0.3, -0.25) is 14.9 Å². The fourth-order valence-electron chi connectivity index (χ4n) is 1.73. The van der Waals surface area contributed by atoms with Crippen LogP contribution in [-0.2, 0) is 0 Å². The fraction of sp³-hybridized carbons (Fsp3) is 0.154. The smallest absolute Gasteiger partial charge is 0.282 e. The van der Waals surface area contributed by atoms with Gasteiger partial charge in [-0.25, -0.2) is 0 Å². The average Bonchev–Trinajstić information content (AvgIpc) is 2.91. The Balaban J connectivity index is 2.33. The van der Waals surface area contributed by atoms with E-state index in [1.807, 2.05) is 12.3 Å². The summed E-state index contributed by atoms with van der Waals surface area (Å²) in [6, 6.07) is 6.15. The van der Waals surface area contributed by atoms with E-state index in [0.717, 1.165) is 0 Å². The van der Waals surface area contributed by atoms with Gasteiger partial charge in [-0.1, -0.05) is 0 Å². The van der Waals surface area contributed by atoms with Crippen LogP contribution in [0.5, 0.6) is 0 Å². The minimum absolute atomic E-state index is 0.0413. The van der Waals surface area contributed by atoms with Crippen molar-refractivity contribution in [2.24, 2.45) is 0 Å². The Kier molecular flexibility index (Phi) is 4.31. The van der Waals surface area contributed by atoms with E-state index in [1.54, 1.807) is 17.5 Å². The first-order valence-electron chi connectivity index (χ1n) is 5.97. The number of nitro groups is 1. The molecule has 0 aliphatic rings. The van der Waals surface area contributed by atoms with Crippen LogP contribution in [0, 0.1) is 10.1 Å². The third-order valence-corrected chi connectivity index (χ3v) is 3.28. The number of carbonyl (C=O) groups excluding carboxylic acids is 1. The molecule has 0 spiro atoms. The molecule has 0 saturated carbocycles. The summed E-state index contributed by atoms with van der Waals surface area (Å²) in [5, 5.41) is 20.3. The highest BCUT2D eigenvalue weighted by molar-refractivity contribution is 7.08. The third kappa shape index (κ3) is 3.12. The summed E-state index contributed by atoms with van der Waals surface area (Å²) in [6.45, 7) is 2.58. The number of hydrogen-bond donors (Lipinski definition) is 2. The lowest BCUT2D eigenvalue weighted by Gasteiger charge is -2.07. The second-order valence-corrected chi connectivity index (χ2v) is 4.77. The zero-order chi connectivity index (χ0) is 14.5. The van der Waals surface area contributed by atoms with Gasteiger partial charge in [-0.2, -0.15) is 11.3 Å². The second kappa shape index (κ2) is 6.16. The van der Waals surface area contributed by atoms with Crippen molar-refractivity contribution in [2.75, 3.05) is 17.2 Å². The molecular weight excluding hydrogens is 278 g/mol. The van der Waals surface area contributed by atoms with E-state index < -0.39 is 10.8 Å². The van der Waals surface area contributed by atoms with Crippen molar-refractivity contribution in [1.29, 1.82) is 0 Å². The first-order valence-corrected chi connectivity index (χ1v) is 6.92. The second-order valence-electron chi connectivity index (χ2n) is 3.99. The maximum absolute atomic E-state index is 12.2. The quantitative estimate of drug-likeness (QED) is 0.653. The number of carbonyl (C=O) groups is 1. The first-order chi connectivity index (χ1) is 9.61. The molecule has 1 heterocycles. The minimum atomic E-state index is -0.557. The zero-order valence-corrected chi connectivity index (χ0v) is 11.6. The van der Waals surface area contributed by atoms with Gasteiger partial charge in [-0.05, 0) is 30.5 Å². The molecule has 0 saturated heterocycles. The van der Waals surface area contributed by atoms with Crippen LogP contribution in [-0.4, -0.2) is 17.4 Å². The Bertz CT molecular complexity index is 626. The minimum Gasteiger partial charge on any atom is -0.385 e. The van der Waals surface area contributed by atoms with Crippen molar-refractivity contribution in [1.82, 2.24) is 0 Å². The van der Waals surface area contributed by atoms with E-state index in [9.17, 15) is 14.9 Å². The summed E-state index contributed by atoms with van der Waals surface area (Å²) in [5.41, 5.74) is 1.13. The lowest BCUT2D eigenvalue weighted by atomic mass is 10.1. The molecule has 2 N–H and O–H groups in total. The molecule has 1 amide bonds. The van der Waals surface area contributed by atoms with Gasteiger partial charge < -0.3 is 10.6 Å². The Hall–Kier alpha value is -2.41. The van der Waals surface area contributed by atoms with Gasteiger partial charge in [0.05, 0.1) is 10.6 Å². The largest absolute Gasteiger partial charge is 0.385 e. The zero-order valence-electron chi connectivity index (χ0n) is 10.8. The molecule has 0 aliphatic heterocycles. The number of nitrogens with zero attached hydrogens (tertiary/aromatic N) is 1. The molecule has 0 aliphatic carbocycles. The van der Waals surface area contributed by atoms with Crippen LogP contribution in [0.4, 0.5) is 17.1 Å². The maximum atomic E-state index is 12.2.